The highest BCUT2D eigenvalue weighted by atomic mass is 32.2. The highest BCUT2D eigenvalue weighted by molar-refractivity contribution is 7.91. The van der Waals surface area contributed by atoms with Gasteiger partial charge in [-0.25, -0.2) is 13.4 Å². The molecule has 0 saturated heterocycles. The zero-order valence-corrected chi connectivity index (χ0v) is 17.5. The lowest BCUT2D eigenvalue weighted by molar-refractivity contribution is -0.137. The number of anilines is 1. The third kappa shape index (κ3) is 5.72. The second-order valence-corrected chi connectivity index (χ2v) is 9.06. The molecule has 0 atom stereocenters. The van der Waals surface area contributed by atoms with Crippen molar-refractivity contribution in [3.63, 3.8) is 0 Å². The summed E-state index contributed by atoms with van der Waals surface area (Å²) in [6, 6.07) is 11.3. The molecular weight excluding hydrogens is 433 g/mol. The molecule has 0 radical (unpaired) electrons. The summed E-state index contributed by atoms with van der Waals surface area (Å²) in [4.78, 5) is 16.4. The van der Waals surface area contributed by atoms with E-state index >= 15 is 0 Å². The van der Waals surface area contributed by atoms with E-state index in [-0.39, 0.29) is 17.3 Å². The predicted molar refractivity (Wildman–Crippen MR) is 109 cm³/mol. The number of aromatic nitrogens is 1. The van der Waals surface area contributed by atoms with Gasteiger partial charge in [-0.05, 0) is 43.7 Å². The molecule has 1 N–H and O–H groups in total. The lowest BCUT2D eigenvalue weighted by atomic mass is 10.1. The Labute approximate surface area is 177 Å². The topological polar surface area (TPSA) is 89.3 Å². The molecule has 0 fully saturated rings. The van der Waals surface area contributed by atoms with E-state index in [2.05, 4.69) is 10.3 Å². The third-order valence-electron chi connectivity index (χ3n) is 4.45. The number of oxazole rings is 1. The van der Waals surface area contributed by atoms with Crippen molar-refractivity contribution < 1.29 is 30.8 Å². The lowest BCUT2D eigenvalue weighted by Gasteiger charge is -2.10. The van der Waals surface area contributed by atoms with Gasteiger partial charge in [-0.15, -0.1) is 0 Å². The number of nitrogens with one attached hydrogen (secondary N) is 1. The van der Waals surface area contributed by atoms with Crippen molar-refractivity contribution >= 4 is 21.4 Å². The molecule has 3 rings (SSSR count). The molecule has 1 aromatic heterocycles. The highest BCUT2D eigenvalue weighted by Crippen LogP contribution is 2.30. The van der Waals surface area contributed by atoms with Crippen LogP contribution in [-0.2, 0) is 26.6 Å². The van der Waals surface area contributed by atoms with E-state index in [0.29, 0.717) is 5.76 Å². The van der Waals surface area contributed by atoms with E-state index in [4.69, 9.17) is 4.42 Å². The Morgan fingerprint density at radius 3 is 2.48 bits per heavy atom. The average molecular weight is 452 g/mol. The zero-order valence-electron chi connectivity index (χ0n) is 16.7. The number of alkyl halides is 3. The molecule has 0 unspecified atom stereocenters. The van der Waals surface area contributed by atoms with Crippen LogP contribution in [0.15, 0.2) is 52.9 Å². The molecule has 3 aromatic rings. The van der Waals surface area contributed by atoms with Crippen molar-refractivity contribution in [1.29, 1.82) is 0 Å². The molecule has 0 aliphatic heterocycles. The molecule has 2 aromatic carbocycles. The minimum Gasteiger partial charge on any atom is -0.441 e. The van der Waals surface area contributed by atoms with Crippen molar-refractivity contribution in [1.82, 2.24) is 4.98 Å². The highest BCUT2D eigenvalue weighted by Gasteiger charge is 2.30. The van der Waals surface area contributed by atoms with Gasteiger partial charge >= 0.3 is 6.18 Å². The standard InChI is InChI=1S/C21H19F3N2O4S/c1-13-6-3-4-9-17(13)20-26-18(14(2)30-20)11-31(28,29)12-19(27)25-16-8-5-7-15(10-16)21(22,23)24/h3-10H,11-12H2,1-2H3,(H,25,27). The molecule has 164 valence electrons. The van der Waals surface area contributed by atoms with Gasteiger partial charge in [-0.2, -0.15) is 13.2 Å². The Hall–Kier alpha value is -3.14. The summed E-state index contributed by atoms with van der Waals surface area (Å²) in [5.41, 5.74) is 0.699. The fourth-order valence-corrected chi connectivity index (χ4v) is 4.18. The van der Waals surface area contributed by atoms with E-state index < -0.39 is 39.0 Å². The van der Waals surface area contributed by atoms with Gasteiger partial charge in [0.25, 0.3) is 0 Å². The van der Waals surface area contributed by atoms with Crippen molar-refractivity contribution in [2.24, 2.45) is 0 Å². The maximum absolute atomic E-state index is 12.8. The Kier molecular flexibility index (Phi) is 6.21. The molecular formula is C21H19F3N2O4S. The first kappa shape index (κ1) is 22.5. The number of benzene rings is 2. The second kappa shape index (κ2) is 8.54. The van der Waals surface area contributed by atoms with Crippen LogP contribution < -0.4 is 5.32 Å². The van der Waals surface area contributed by atoms with E-state index in [9.17, 15) is 26.4 Å². The van der Waals surface area contributed by atoms with Gasteiger partial charge in [-0.3, -0.25) is 4.79 Å². The molecule has 31 heavy (non-hydrogen) atoms. The lowest BCUT2D eigenvalue weighted by Crippen LogP contribution is -2.24. The number of hydrogen-bond acceptors (Lipinski definition) is 5. The normalized spacial score (nSPS) is 12.0. The van der Waals surface area contributed by atoms with Crippen LogP contribution in [0.1, 0.15) is 22.6 Å². The first-order valence-corrected chi connectivity index (χ1v) is 11.0. The Morgan fingerprint density at radius 1 is 1.10 bits per heavy atom. The van der Waals surface area contributed by atoms with E-state index in [0.717, 1.165) is 29.3 Å². The minimum absolute atomic E-state index is 0.144. The van der Waals surface area contributed by atoms with Crippen LogP contribution in [0.4, 0.5) is 18.9 Å². The van der Waals surface area contributed by atoms with Gasteiger partial charge < -0.3 is 9.73 Å². The average Bonchev–Trinajstić information content (AvgIpc) is 3.00. The Balaban J connectivity index is 1.71. The summed E-state index contributed by atoms with van der Waals surface area (Å²) in [6.07, 6.45) is -4.58. The van der Waals surface area contributed by atoms with Crippen molar-refractivity contribution in [3.8, 4) is 11.5 Å². The van der Waals surface area contributed by atoms with E-state index in [1.165, 1.54) is 6.07 Å². The van der Waals surface area contributed by atoms with Crippen LogP contribution in [0.2, 0.25) is 0 Å². The fourth-order valence-electron chi connectivity index (χ4n) is 2.92. The summed E-state index contributed by atoms with van der Waals surface area (Å²) >= 11 is 0. The smallest absolute Gasteiger partial charge is 0.416 e. The molecule has 0 spiro atoms. The fraction of sp³-hybridized carbons (Fsp3) is 0.238. The summed E-state index contributed by atoms with van der Waals surface area (Å²) in [5.74, 6) is -1.81. The monoisotopic (exact) mass is 452 g/mol. The van der Waals surface area contributed by atoms with Gasteiger partial charge in [0, 0.05) is 11.3 Å². The zero-order chi connectivity index (χ0) is 22.8. The van der Waals surface area contributed by atoms with Gasteiger partial charge in [0.1, 0.15) is 11.5 Å². The van der Waals surface area contributed by atoms with Crippen LogP contribution in [0.25, 0.3) is 11.5 Å². The van der Waals surface area contributed by atoms with Crippen LogP contribution in [0, 0.1) is 13.8 Å². The molecule has 0 saturated carbocycles. The summed E-state index contributed by atoms with van der Waals surface area (Å²) in [5, 5.41) is 2.19. The second-order valence-electron chi connectivity index (χ2n) is 7.00. The SMILES string of the molecule is Cc1ccccc1-c1nc(CS(=O)(=O)CC(=O)Nc2cccc(C(F)(F)F)c2)c(C)o1. The maximum Gasteiger partial charge on any atom is 0.416 e. The largest absolute Gasteiger partial charge is 0.441 e. The van der Waals surface area contributed by atoms with E-state index in [1.807, 2.05) is 19.1 Å². The number of nitrogens with zero attached hydrogens (tertiary/aromatic N) is 1. The first-order valence-electron chi connectivity index (χ1n) is 9.14. The van der Waals surface area contributed by atoms with E-state index in [1.54, 1.807) is 19.1 Å². The summed E-state index contributed by atoms with van der Waals surface area (Å²) < 4.78 is 68.9. The molecule has 1 heterocycles. The summed E-state index contributed by atoms with van der Waals surface area (Å²) in [6.45, 7) is 3.44. The van der Waals surface area contributed by atoms with Crippen molar-refractivity contribution in [3.05, 3.63) is 71.1 Å². The molecule has 0 aliphatic carbocycles. The third-order valence-corrected chi connectivity index (χ3v) is 5.86. The number of carbonyl (C=O) groups excluding carboxylic acids is 1. The van der Waals surface area contributed by atoms with Gasteiger partial charge in [-0.1, -0.05) is 24.3 Å². The molecule has 6 nitrogen and oxygen atoms in total. The number of aryl methyl sites for hydroxylation is 2. The molecule has 0 aliphatic rings. The number of halogens is 3. The number of hydrogen-bond donors (Lipinski definition) is 1. The van der Waals surface area contributed by atoms with Crippen LogP contribution in [0.3, 0.4) is 0 Å². The number of carbonyl (C=O) groups is 1. The van der Waals surface area contributed by atoms with Crippen LogP contribution in [-0.4, -0.2) is 25.1 Å². The molecule has 1 amide bonds. The minimum atomic E-state index is -4.58. The molecule has 10 heteroatoms. The quantitative estimate of drug-likeness (QED) is 0.594. The van der Waals surface area contributed by atoms with Gasteiger partial charge in [0.15, 0.2) is 9.84 Å². The number of rotatable bonds is 6. The first-order chi connectivity index (χ1) is 14.4. The Morgan fingerprint density at radius 2 is 1.81 bits per heavy atom. The Bertz CT molecular complexity index is 1220. The van der Waals surface area contributed by atoms with Gasteiger partial charge in [0.2, 0.25) is 11.8 Å². The van der Waals surface area contributed by atoms with Crippen LogP contribution in [0.5, 0.6) is 0 Å². The van der Waals surface area contributed by atoms with Crippen LogP contribution >= 0.6 is 0 Å². The predicted octanol–water partition coefficient (Wildman–Crippen LogP) is 4.53. The number of sulfone groups is 1. The molecule has 0 bridgehead atoms. The maximum atomic E-state index is 12.8. The summed E-state index contributed by atoms with van der Waals surface area (Å²) in [7, 11) is -3.95. The van der Waals surface area contributed by atoms with Gasteiger partial charge in [0.05, 0.1) is 17.0 Å². The van der Waals surface area contributed by atoms with Crippen molar-refractivity contribution in [2.75, 3.05) is 11.1 Å². The number of amides is 1. The van der Waals surface area contributed by atoms with Crippen molar-refractivity contribution in [2.45, 2.75) is 25.8 Å².